The van der Waals surface area contributed by atoms with Crippen molar-refractivity contribution in [3.05, 3.63) is 54.2 Å². The summed E-state index contributed by atoms with van der Waals surface area (Å²) in [5.74, 6) is 0.526. The third-order valence-electron chi connectivity index (χ3n) is 2.89. The fourth-order valence-electron chi connectivity index (χ4n) is 1.95. The number of pyridine rings is 1. The van der Waals surface area contributed by atoms with Gasteiger partial charge in [0.2, 0.25) is 0 Å². The molecule has 4 heteroatoms. The number of nitrogens with zero attached hydrogens (tertiary/aromatic N) is 1. The van der Waals surface area contributed by atoms with Gasteiger partial charge in [0.25, 0.3) is 0 Å². The number of hydrogen-bond acceptors (Lipinski definition) is 2. The molecule has 2 aromatic rings. The lowest BCUT2D eigenvalue weighted by molar-refractivity contribution is 0.262. The third-order valence-corrected chi connectivity index (χ3v) is 2.89. The second-order valence-corrected chi connectivity index (χ2v) is 5.59. The minimum absolute atomic E-state index is 0.0329. The molecule has 0 unspecified atom stereocenters. The number of urea groups is 1. The van der Waals surface area contributed by atoms with E-state index in [1.54, 1.807) is 18.3 Å². The van der Waals surface area contributed by atoms with Gasteiger partial charge in [-0.3, -0.25) is 5.32 Å². The van der Waals surface area contributed by atoms with Gasteiger partial charge in [-0.1, -0.05) is 45.0 Å². The molecule has 0 spiro atoms. The van der Waals surface area contributed by atoms with E-state index < -0.39 is 0 Å². The highest BCUT2D eigenvalue weighted by Crippen LogP contribution is 2.29. The van der Waals surface area contributed by atoms with E-state index in [-0.39, 0.29) is 11.4 Å². The van der Waals surface area contributed by atoms with E-state index >= 15 is 0 Å². The van der Waals surface area contributed by atoms with Gasteiger partial charge in [-0.15, -0.1) is 0 Å². The van der Waals surface area contributed by atoms with E-state index in [0.717, 1.165) is 11.3 Å². The summed E-state index contributed by atoms with van der Waals surface area (Å²) in [6.45, 7) is 6.35. The normalized spacial score (nSPS) is 10.9. The molecule has 1 heterocycles. The highest BCUT2D eigenvalue weighted by molar-refractivity contribution is 5.99. The van der Waals surface area contributed by atoms with Crippen LogP contribution in [0.25, 0.3) is 0 Å². The Bertz CT molecular complexity index is 588. The number of carbonyl (C=O) groups excluding carboxylic acids is 1. The number of carbonyl (C=O) groups is 1. The van der Waals surface area contributed by atoms with Gasteiger partial charge < -0.3 is 5.32 Å². The molecule has 0 saturated carbocycles. The van der Waals surface area contributed by atoms with Gasteiger partial charge in [-0.2, -0.15) is 0 Å². The van der Waals surface area contributed by atoms with Crippen LogP contribution in [0.5, 0.6) is 0 Å². The molecular formula is C16H19N3O. The maximum atomic E-state index is 12.0. The van der Waals surface area contributed by atoms with Gasteiger partial charge in [0, 0.05) is 11.9 Å². The molecule has 0 aliphatic rings. The van der Waals surface area contributed by atoms with Gasteiger partial charge in [0.05, 0.1) is 0 Å². The van der Waals surface area contributed by atoms with E-state index in [1.807, 2.05) is 30.3 Å². The predicted molar refractivity (Wildman–Crippen MR) is 82.0 cm³/mol. The maximum absolute atomic E-state index is 12.0. The lowest BCUT2D eigenvalue weighted by Crippen LogP contribution is -2.23. The van der Waals surface area contributed by atoms with Crippen molar-refractivity contribution in [3.8, 4) is 0 Å². The Kier molecular flexibility index (Phi) is 4.03. The van der Waals surface area contributed by atoms with Crippen molar-refractivity contribution in [3.63, 3.8) is 0 Å². The lowest BCUT2D eigenvalue weighted by atomic mass is 9.86. The number of benzene rings is 1. The summed E-state index contributed by atoms with van der Waals surface area (Å²) in [5.41, 5.74) is 1.87. The van der Waals surface area contributed by atoms with Crippen LogP contribution in [0.3, 0.4) is 0 Å². The van der Waals surface area contributed by atoms with Crippen molar-refractivity contribution < 1.29 is 4.79 Å². The second-order valence-electron chi connectivity index (χ2n) is 5.59. The van der Waals surface area contributed by atoms with Crippen LogP contribution in [-0.4, -0.2) is 11.0 Å². The SMILES string of the molecule is CC(C)(C)c1ccccc1NC(=O)Nc1ccccn1. The molecule has 4 nitrogen and oxygen atoms in total. The van der Waals surface area contributed by atoms with Gasteiger partial charge >= 0.3 is 6.03 Å². The molecule has 0 saturated heterocycles. The Morgan fingerprint density at radius 1 is 1.00 bits per heavy atom. The first-order chi connectivity index (χ1) is 9.47. The first-order valence-electron chi connectivity index (χ1n) is 6.55. The monoisotopic (exact) mass is 269 g/mol. The van der Waals surface area contributed by atoms with Crippen LogP contribution >= 0.6 is 0 Å². The highest BCUT2D eigenvalue weighted by Gasteiger charge is 2.18. The largest absolute Gasteiger partial charge is 0.324 e. The molecule has 0 radical (unpaired) electrons. The van der Waals surface area contributed by atoms with Crippen molar-refractivity contribution in [1.29, 1.82) is 0 Å². The average molecular weight is 269 g/mol. The van der Waals surface area contributed by atoms with E-state index in [4.69, 9.17) is 0 Å². The van der Waals surface area contributed by atoms with Gasteiger partial charge in [-0.05, 0) is 29.2 Å². The van der Waals surface area contributed by atoms with Crippen LogP contribution in [0.15, 0.2) is 48.7 Å². The summed E-state index contributed by atoms with van der Waals surface area (Å²) in [4.78, 5) is 16.1. The number of aromatic nitrogens is 1. The Morgan fingerprint density at radius 3 is 2.35 bits per heavy atom. The number of para-hydroxylation sites is 1. The van der Waals surface area contributed by atoms with E-state index in [9.17, 15) is 4.79 Å². The molecule has 0 aliphatic heterocycles. The van der Waals surface area contributed by atoms with E-state index in [2.05, 4.69) is 36.4 Å². The first-order valence-corrected chi connectivity index (χ1v) is 6.55. The fourth-order valence-corrected chi connectivity index (χ4v) is 1.95. The van der Waals surface area contributed by atoms with Crippen molar-refractivity contribution in [2.75, 3.05) is 10.6 Å². The second kappa shape index (κ2) is 5.74. The number of amides is 2. The quantitative estimate of drug-likeness (QED) is 0.865. The minimum atomic E-state index is -0.291. The van der Waals surface area contributed by atoms with Crippen LogP contribution in [-0.2, 0) is 5.41 Å². The number of rotatable bonds is 2. The molecule has 104 valence electrons. The zero-order valence-corrected chi connectivity index (χ0v) is 12.0. The summed E-state index contributed by atoms with van der Waals surface area (Å²) in [5, 5.41) is 5.58. The molecule has 0 atom stereocenters. The van der Waals surface area contributed by atoms with Crippen molar-refractivity contribution >= 4 is 17.5 Å². The summed E-state index contributed by atoms with van der Waals surface area (Å²) >= 11 is 0. The molecule has 1 aromatic heterocycles. The molecule has 0 aliphatic carbocycles. The fraction of sp³-hybridized carbons (Fsp3) is 0.250. The molecule has 1 aromatic carbocycles. The Hall–Kier alpha value is -2.36. The number of hydrogen-bond donors (Lipinski definition) is 2. The number of anilines is 2. The molecular weight excluding hydrogens is 250 g/mol. The van der Waals surface area contributed by atoms with Gasteiger partial charge in [0.15, 0.2) is 0 Å². The van der Waals surface area contributed by atoms with Crippen LogP contribution in [0.1, 0.15) is 26.3 Å². The molecule has 0 bridgehead atoms. The van der Waals surface area contributed by atoms with Gasteiger partial charge in [-0.25, -0.2) is 9.78 Å². The van der Waals surface area contributed by atoms with Crippen molar-refractivity contribution in [2.45, 2.75) is 26.2 Å². The standard InChI is InChI=1S/C16H19N3O/c1-16(2,3)12-8-4-5-9-13(12)18-15(20)19-14-10-6-7-11-17-14/h4-11H,1-3H3,(H2,17,18,19,20). The Balaban J connectivity index is 2.13. The zero-order chi connectivity index (χ0) is 14.6. The van der Waals surface area contributed by atoms with E-state index in [1.165, 1.54) is 0 Å². The predicted octanol–water partition coefficient (Wildman–Crippen LogP) is 4.02. The minimum Gasteiger partial charge on any atom is -0.307 e. The van der Waals surface area contributed by atoms with Crippen LogP contribution in [0.4, 0.5) is 16.3 Å². The third kappa shape index (κ3) is 3.57. The van der Waals surface area contributed by atoms with Crippen molar-refractivity contribution in [2.24, 2.45) is 0 Å². The van der Waals surface area contributed by atoms with Gasteiger partial charge in [0.1, 0.15) is 5.82 Å². The lowest BCUT2D eigenvalue weighted by Gasteiger charge is -2.23. The average Bonchev–Trinajstić information content (AvgIpc) is 2.39. The van der Waals surface area contributed by atoms with Crippen LogP contribution in [0, 0.1) is 0 Å². The molecule has 2 amide bonds. The Morgan fingerprint density at radius 2 is 1.70 bits per heavy atom. The van der Waals surface area contributed by atoms with Crippen LogP contribution in [0.2, 0.25) is 0 Å². The summed E-state index contributed by atoms with van der Waals surface area (Å²) in [6, 6.07) is 12.9. The molecule has 0 fully saturated rings. The van der Waals surface area contributed by atoms with E-state index in [0.29, 0.717) is 5.82 Å². The maximum Gasteiger partial charge on any atom is 0.324 e. The van der Waals surface area contributed by atoms with Crippen LogP contribution < -0.4 is 10.6 Å². The number of nitrogens with one attached hydrogen (secondary N) is 2. The molecule has 20 heavy (non-hydrogen) atoms. The first kappa shape index (κ1) is 14.1. The van der Waals surface area contributed by atoms with Crippen molar-refractivity contribution in [1.82, 2.24) is 4.98 Å². The molecule has 2 N–H and O–H groups in total. The topological polar surface area (TPSA) is 54.0 Å². The Labute approximate surface area is 119 Å². The summed E-state index contributed by atoms with van der Waals surface area (Å²) < 4.78 is 0. The smallest absolute Gasteiger partial charge is 0.307 e. The summed E-state index contributed by atoms with van der Waals surface area (Å²) in [7, 11) is 0. The highest BCUT2D eigenvalue weighted by atomic mass is 16.2. The zero-order valence-electron chi connectivity index (χ0n) is 12.0. The summed E-state index contributed by atoms with van der Waals surface area (Å²) in [6.07, 6.45) is 1.64. The molecule has 2 rings (SSSR count).